The fraction of sp³-hybridized carbons (Fsp3) is 0.571. The maximum atomic E-state index is 6.46. The lowest BCUT2D eigenvalue weighted by Gasteiger charge is -2.49. The maximum absolute atomic E-state index is 6.46. The zero-order valence-corrected chi connectivity index (χ0v) is 20.3. The Labute approximate surface area is 194 Å². The van der Waals surface area contributed by atoms with Crippen LogP contribution in [0.4, 0.5) is 0 Å². The summed E-state index contributed by atoms with van der Waals surface area (Å²) in [5.74, 6) is 0.935. The molecule has 174 valence electrons. The van der Waals surface area contributed by atoms with Crippen molar-refractivity contribution in [3.63, 3.8) is 0 Å². The molecule has 2 saturated heterocycles. The third kappa shape index (κ3) is 5.03. The van der Waals surface area contributed by atoms with E-state index in [0.29, 0.717) is 12.1 Å². The van der Waals surface area contributed by atoms with Crippen molar-refractivity contribution in [1.29, 1.82) is 0 Å². The summed E-state index contributed by atoms with van der Waals surface area (Å²) in [7, 11) is 1.76. The van der Waals surface area contributed by atoms with E-state index in [-0.39, 0.29) is 5.60 Å². The zero-order valence-electron chi connectivity index (χ0n) is 20.3. The van der Waals surface area contributed by atoms with Crippen LogP contribution in [-0.2, 0) is 11.3 Å². The van der Waals surface area contributed by atoms with E-state index in [2.05, 4.69) is 73.0 Å². The molecule has 0 bridgehead atoms. The summed E-state index contributed by atoms with van der Waals surface area (Å²) in [4.78, 5) is 5.27. The van der Waals surface area contributed by atoms with Gasteiger partial charge in [0.25, 0.3) is 0 Å². The normalized spacial score (nSPS) is 21.4. The molecule has 2 heterocycles. The van der Waals surface area contributed by atoms with Crippen molar-refractivity contribution in [2.24, 2.45) is 0 Å². The van der Waals surface area contributed by atoms with Crippen LogP contribution in [0.5, 0.6) is 5.75 Å². The summed E-state index contributed by atoms with van der Waals surface area (Å²) >= 11 is 0. The number of ether oxygens (including phenoxy) is 2. The first-order valence-electron chi connectivity index (χ1n) is 12.4. The third-order valence-electron chi connectivity index (χ3n) is 7.62. The quantitative estimate of drug-likeness (QED) is 0.563. The first kappa shape index (κ1) is 23.3. The van der Waals surface area contributed by atoms with Gasteiger partial charge >= 0.3 is 0 Å². The summed E-state index contributed by atoms with van der Waals surface area (Å²) in [5, 5.41) is 0. The molecule has 2 aromatic rings. The molecule has 1 spiro atoms. The van der Waals surface area contributed by atoms with Crippen molar-refractivity contribution in [3.05, 3.63) is 54.1 Å². The van der Waals surface area contributed by atoms with Gasteiger partial charge in [-0.15, -0.1) is 0 Å². The Morgan fingerprint density at radius 3 is 2.44 bits per heavy atom. The van der Waals surface area contributed by atoms with Gasteiger partial charge in [0.15, 0.2) is 0 Å². The van der Waals surface area contributed by atoms with E-state index in [1.54, 1.807) is 7.11 Å². The average Bonchev–Trinajstić information content (AvgIpc) is 2.83. The lowest BCUT2D eigenvalue weighted by molar-refractivity contribution is -0.135. The fourth-order valence-electron chi connectivity index (χ4n) is 5.62. The second kappa shape index (κ2) is 10.4. The molecule has 0 radical (unpaired) electrons. The number of rotatable bonds is 7. The number of para-hydroxylation sites is 1. The first-order valence-corrected chi connectivity index (χ1v) is 12.4. The van der Waals surface area contributed by atoms with Gasteiger partial charge in [0.2, 0.25) is 0 Å². The highest BCUT2D eigenvalue weighted by Crippen LogP contribution is 2.38. The molecule has 0 unspecified atom stereocenters. The van der Waals surface area contributed by atoms with Crippen LogP contribution >= 0.6 is 0 Å². The minimum Gasteiger partial charge on any atom is -0.496 e. The Hall–Kier alpha value is -1.88. The van der Waals surface area contributed by atoms with Crippen LogP contribution in [-0.4, -0.2) is 60.8 Å². The predicted octanol–water partition coefficient (Wildman–Crippen LogP) is 5.61. The van der Waals surface area contributed by atoms with E-state index >= 15 is 0 Å². The van der Waals surface area contributed by atoms with Gasteiger partial charge in [-0.2, -0.15) is 0 Å². The summed E-state index contributed by atoms with van der Waals surface area (Å²) < 4.78 is 12.1. The van der Waals surface area contributed by atoms with Crippen LogP contribution in [0.2, 0.25) is 0 Å². The highest BCUT2D eigenvalue weighted by molar-refractivity contribution is 5.73. The van der Waals surface area contributed by atoms with Crippen molar-refractivity contribution in [2.45, 2.75) is 70.7 Å². The van der Waals surface area contributed by atoms with Crippen LogP contribution in [0.25, 0.3) is 11.1 Å². The molecule has 2 aliphatic rings. The van der Waals surface area contributed by atoms with Crippen molar-refractivity contribution < 1.29 is 9.47 Å². The Kier molecular flexibility index (Phi) is 7.55. The summed E-state index contributed by atoms with van der Waals surface area (Å²) in [5.41, 5.74) is 3.89. The van der Waals surface area contributed by atoms with Crippen molar-refractivity contribution in [1.82, 2.24) is 9.80 Å². The Bertz CT molecular complexity index is 873. The number of nitrogens with zero attached hydrogens (tertiary/aromatic N) is 2. The van der Waals surface area contributed by atoms with E-state index in [4.69, 9.17) is 9.47 Å². The molecule has 4 rings (SSSR count). The molecule has 4 heteroatoms. The van der Waals surface area contributed by atoms with Gasteiger partial charge in [-0.25, -0.2) is 0 Å². The molecule has 32 heavy (non-hydrogen) atoms. The number of methoxy groups -OCH3 is 1. The van der Waals surface area contributed by atoms with Crippen molar-refractivity contribution in [3.8, 4) is 16.9 Å². The zero-order chi connectivity index (χ0) is 22.6. The topological polar surface area (TPSA) is 24.9 Å². The Morgan fingerprint density at radius 2 is 1.75 bits per heavy atom. The third-order valence-corrected chi connectivity index (χ3v) is 7.62. The number of hydrogen-bond acceptors (Lipinski definition) is 4. The highest BCUT2D eigenvalue weighted by Gasteiger charge is 2.41. The van der Waals surface area contributed by atoms with E-state index in [0.717, 1.165) is 64.2 Å². The minimum absolute atomic E-state index is 0.0733. The summed E-state index contributed by atoms with van der Waals surface area (Å²) in [6.45, 7) is 12.1. The molecular weight excluding hydrogens is 396 g/mol. The molecule has 1 atom stereocenters. The van der Waals surface area contributed by atoms with E-state index in [9.17, 15) is 0 Å². The number of likely N-dealkylation sites (tertiary alicyclic amines) is 1. The van der Waals surface area contributed by atoms with E-state index < -0.39 is 0 Å². The molecule has 0 N–H and O–H groups in total. The SMILES string of the molecule is CCN(Cc1ccccc1-c1ccccc1OC)[C@H]1CCOC2(CCN(C(C)C)CC2)C1. The van der Waals surface area contributed by atoms with Crippen molar-refractivity contribution in [2.75, 3.05) is 33.4 Å². The number of piperidine rings is 1. The van der Waals surface area contributed by atoms with Gasteiger partial charge in [0, 0.05) is 43.9 Å². The van der Waals surface area contributed by atoms with Crippen LogP contribution < -0.4 is 4.74 Å². The van der Waals surface area contributed by atoms with Gasteiger partial charge in [0.1, 0.15) is 5.75 Å². The van der Waals surface area contributed by atoms with Gasteiger partial charge in [-0.1, -0.05) is 49.4 Å². The molecule has 0 saturated carbocycles. The lowest BCUT2D eigenvalue weighted by Crippen LogP contribution is -2.54. The number of hydrogen-bond donors (Lipinski definition) is 0. The van der Waals surface area contributed by atoms with Crippen molar-refractivity contribution >= 4 is 0 Å². The Balaban J connectivity index is 1.51. The van der Waals surface area contributed by atoms with E-state index in [1.807, 2.05) is 6.07 Å². The predicted molar refractivity (Wildman–Crippen MR) is 132 cm³/mol. The van der Waals surface area contributed by atoms with Crippen LogP contribution in [0.3, 0.4) is 0 Å². The second-order valence-electron chi connectivity index (χ2n) is 9.73. The molecule has 0 aromatic heterocycles. The average molecular weight is 437 g/mol. The smallest absolute Gasteiger partial charge is 0.126 e. The monoisotopic (exact) mass is 436 g/mol. The largest absolute Gasteiger partial charge is 0.496 e. The fourth-order valence-corrected chi connectivity index (χ4v) is 5.62. The van der Waals surface area contributed by atoms with Crippen LogP contribution in [0.1, 0.15) is 52.0 Å². The van der Waals surface area contributed by atoms with E-state index in [1.165, 1.54) is 16.7 Å². The first-order chi connectivity index (χ1) is 15.5. The van der Waals surface area contributed by atoms with Gasteiger partial charge in [-0.05, 0) is 63.3 Å². The van der Waals surface area contributed by atoms with Crippen LogP contribution in [0.15, 0.2) is 48.5 Å². The molecule has 0 amide bonds. The molecule has 2 fully saturated rings. The minimum atomic E-state index is 0.0733. The molecule has 2 aromatic carbocycles. The molecule has 0 aliphatic carbocycles. The summed E-state index contributed by atoms with van der Waals surface area (Å²) in [6, 6.07) is 18.4. The van der Waals surface area contributed by atoms with Crippen LogP contribution in [0, 0.1) is 0 Å². The highest BCUT2D eigenvalue weighted by atomic mass is 16.5. The molecule has 2 aliphatic heterocycles. The van der Waals surface area contributed by atoms with Gasteiger partial charge in [-0.3, -0.25) is 4.90 Å². The molecular formula is C28H40N2O2. The second-order valence-corrected chi connectivity index (χ2v) is 9.73. The van der Waals surface area contributed by atoms with Gasteiger partial charge in [0.05, 0.1) is 12.7 Å². The lowest BCUT2D eigenvalue weighted by atomic mass is 9.81. The molecule has 4 nitrogen and oxygen atoms in total. The standard InChI is InChI=1S/C28H40N2O2/c1-5-29(24-14-19-32-28(20-24)15-17-30(18-16-28)22(2)3)21-23-10-6-7-11-25(23)26-12-8-9-13-27(26)31-4/h6-13,22,24H,5,14-21H2,1-4H3/t24-/m0/s1. The Morgan fingerprint density at radius 1 is 1.06 bits per heavy atom. The number of benzene rings is 2. The van der Waals surface area contributed by atoms with Gasteiger partial charge < -0.3 is 14.4 Å². The summed E-state index contributed by atoms with van der Waals surface area (Å²) in [6.07, 6.45) is 4.61. The maximum Gasteiger partial charge on any atom is 0.126 e.